The van der Waals surface area contributed by atoms with E-state index < -0.39 is 0 Å². The number of anilines is 1. The lowest BCUT2D eigenvalue weighted by Crippen LogP contribution is -2.31. The Labute approximate surface area is 154 Å². The van der Waals surface area contributed by atoms with Crippen LogP contribution in [0.2, 0.25) is 0 Å². The molecule has 0 saturated heterocycles. The van der Waals surface area contributed by atoms with Gasteiger partial charge in [-0.2, -0.15) is 4.52 Å². The smallest absolute Gasteiger partial charge is 0.273 e. The first-order valence-corrected chi connectivity index (χ1v) is 8.41. The Balaban J connectivity index is 1.66. The Morgan fingerprint density at radius 1 is 1.30 bits per heavy atom. The van der Waals surface area contributed by atoms with Crippen molar-refractivity contribution in [3.8, 4) is 11.6 Å². The first-order chi connectivity index (χ1) is 13.2. The summed E-state index contributed by atoms with van der Waals surface area (Å²) in [6.07, 6.45) is 4.96. The number of fused-ring (bicyclic) bond motifs is 1. The van der Waals surface area contributed by atoms with Crippen molar-refractivity contribution in [2.75, 3.05) is 12.3 Å². The van der Waals surface area contributed by atoms with E-state index in [9.17, 15) is 4.79 Å². The van der Waals surface area contributed by atoms with Gasteiger partial charge in [0.2, 0.25) is 11.8 Å². The maximum Gasteiger partial charge on any atom is 0.273 e. The van der Waals surface area contributed by atoms with Crippen molar-refractivity contribution in [2.45, 2.75) is 13.5 Å². The molecule has 9 heteroatoms. The summed E-state index contributed by atoms with van der Waals surface area (Å²) in [4.78, 5) is 27.3. The minimum absolute atomic E-state index is 0.0820. The van der Waals surface area contributed by atoms with Crippen LogP contribution in [0.5, 0.6) is 0 Å². The first-order valence-electron chi connectivity index (χ1n) is 8.41. The normalized spacial score (nSPS) is 11.0. The van der Waals surface area contributed by atoms with E-state index in [4.69, 9.17) is 10.2 Å². The number of furan rings is 1. The highest BCUT2D eigenvalue weighted by atomic mass is 16.3. The Kier molecular flexibility index (Phi) is 4.25. The van der Waals surface area contributed by atoms with Gasteiger partial charge in [0.15, 0.2) is 11.4 Å². The fraction of sp³-hybridized carbons (Fsp3) is 0.167. The van der Waals surface area contributed by atoms with Crippen LogP contribution in [0.15, 0.2) is 53.4 Å². The lowest BCUT2D eigenvalue weighted by Gasteiger charge is -2.20. The third-order valence-corrected chi connectivity index (χ3v) is 4.08. The van der Waals surface area contributed by atoms with Crippen LogP contribution in [0.25, 0.3) is 17.2 Å². The summed E-state index contributed by atoms with van der Waals surface area (Å²) >= 11 is 0. The summed E-state index contributed by atoms with van der Waals surface area (Å²) < 4.78 is 6.69. The Bertz CT molecular complexity index is 1070. The van der Waals surface area contributed by atoms with E-state index in [1.54, 1.807) is 35.5 Å². The maximum atomic E-state index is 12.9. The number of nitrogen functional groups attached to an aromatic ring is 1. The van der Waals surface area contributed by atoms with Crippen molar-refractivity contribution in [2.24, 2.45) is 0 Å². The third-order valence-electron chi connectivity index (χ3n) is 4.08. The summed E-state index contributed by atoms with van der Waals surface area (Å²) in [5.41, 5.74) is 7.57. The third kappa shape index (κ3) is 3.22. The molecule has 0 spiro atoms. The Morgan fingerprint density at radius 3 is 2.89 bits per heavy atom. The summed E-state index contributed by atoms with van der Waals surface area (Å²) in [5.74, 6) is 0.732. The van der Waals surface area contributed by atoms with Gasteiger partial charge in [-0.05, 0) is 30.7 Å². The van der Waals surface area contributed by atoms with Gasteiger partial charge in [0.1, 0.15) is 5.69 Å². The molecule has 0 unspecified atom stereocenters. The van der Waals surface area contributed by atoms with Gasteiger partial charge in [-0.1, -0.05) is 6.07 Å². The van der Waals surface area contributed by atoms with Crippen molar-refractivity contribution in [1.82, 2.24) is 29.5 Å². The number of amides is 1. The molecule has 4 heterocycles. The van der Waals surface area contributed by atoms with E-state index in [-0.39, 0.29) is 17.5 Å². The predicted octanol–water partition coefficient (Wildman–Crippen LogP) is 2.02. The van der Waals surface area contributed by atoms with Crippen LogP contribution in [0.1, 0.15) is 23.0 Å². The molecule has 4 rings (SSSR count). The highest BCUT2D eigenvalue weighted by molar-refractivity contribution is 5.93. The zero-order chi connectivity index (χ0) is 18.8. The molecule has 0 aliphatic carbocycles. The quantitative estimate of drug-likeness (QED) is 0.577. The lowest BCUT2D eigenvalue weighted by molar-refractivity contribution is 0.0746. The van der Waals surface area contributed by atoms with Crippen molar-refractivity contribution in [1.29, 1.82) is 0 Å². The van der Waals surface area contributed by atoms with Gasteiger partial charge in [-0.15, -0.1) is 5.10 Å². The number of hydrogen-bond acceptors (Lipinski definition) is 7. The van der Waals surface area contributed by atoms with Gasteiger partial charge in [0.05, 0.1) is 6.26 Å². The molecule has 4 aromatic rings. The molecular weight excluding hydrogens is 346 g/mol. The van der Waals surface area contributed by atoms with Gasteiger partial charge in [-0.25, -0.2) is 9.97 Å². The second kappa shape index (κ2) is 6.87. The zero-order valence-corrected chi connectivity index (χ0v) is 14.6. The summed E-state index contributed by atoms with van der Waals surface area (Å²) in [5, 5.41) is 4.28. The van der Waals surface area contributed by atoms with Crippen LogP contribution in [-0.2, 0) is 6.54 Å². The van der Waals surface area contributed by atoms with Gasteiger partial charge < -0.3 is 15.1 Å². The number of rotatable bonds is 5. The second-order valence-electron chi connectivity index (χ2n) is 5.86. The molecule has 0 bridgehead atoms. The molecule has 4 aromatic heterocycles. The topological polar surface area (TPSA) is 115 Å². The van der Waals surface area contributed by atoms with Crippen LogP contribution in [-0.4, -0.2) is 41.9 Å². The molecule has 9 nitrogen and oxygen atoms in total. The zero-order valence-electron chi connectivity index (χ0n) is 14.6. The van der Waals surface area contributed by atoms with Crippen molar-refractivity contribution in [3.63, 3.8) is 0 Å². The number of hydrogen-bond donors (Lipinski definition) is 1. The molecule has 27 heavy (non-hydrogen) atoms. The minimum atomic E-state index is -0.238. The SMILES string of the molecule is CCN(Cc1cccnc1)C(=O)c1cc2nc(-c3ccco3)nn2c(N)n1. The molecule has 0 aliphatic rings. The van der Waals surface area contributed by atoms with Gasteiger partial charge in [-0.3, -0.25) is 9.78 Å². The molecule has 0 saturated carbocycles. The molecule has 0 aliphatic heterocycles. The molecule has 0 fully saturated rings. The van der Waals surface area contributed by atoms with Crippen LogP contribution in [0, 0.1) is 0 Å². The largest absolute Gasteiger partial charge is 0.461 e. The maximum absolute atomic E-state index is 12.9. The van der Waals surface area contributed by atoms with E-state index in [1.807, 2.05) is 19.1 Å². The van der Waals surface area contributed by atoms with E-state index >= 15 is 0 Å². The fourth-order valence-electron chi connectivity index (χ4n) is 2.73. The number of carbonyl (C=O) groups excluding carboxylic acids is 1. The molecule has 0 aromatic carbocycles. The molecule has 0 radical (unpaired) electrons. The molecule has 1 amide bonds. The summed E-state index contributed by atoms with van der Waals surface area (Å²) in [6.45, 7) is 2.85. The van der Waals surface area contributed by atoms with Crippen molar-refractivity contribution < 1.29 is 9.21 Å². The average molecular weight is 363 g/mol. The first kappa shape index (κ1) is 16.7. The predicted molar refractivity (Wildman–Crippen MR) is 97.5 cm³/mol. The number of nitrogens with two attached hydrogens (primary N) is 1. The minimum Gasteiger partial charge on any atom is -0.461 e. The Hall–Kier alpha value is -3.75. The van der Waals surface area contributed by atoms with E-state index in [0.29, 0.717) is 30.3 Å². The second-order valence-corrected chi connectivity index (χ2v) is 5.86. The highest BCUT2D eigenvalue weighted by Gasteiger charge is 2.20. The van der Waals surface area contributed by atoms with E-state index in [2.05, 4.69) is 20.1 Å². The van der Waals surface area contributed by atoms with Crippen LogP contribution in [0.3, 0.4) is 0 Å². The molecule has 136 valence electrons. The molecule has 0 atom stereocenters. The molecule has 2 N–H and O–H groups in total. The summed E-state index contributed by atoms with van der Waals surface area (Å²) in [6, 6.07) is 8.82. The fourth-order valence-corrected chi connectivity index (χ4v) is 2.73. The van der Waals surface area contributed by atoms with Crippen molar-refractivity contribution >= 4 is 17.5 Å². The highest BCUT2D eigenvalue weighted by Crippen LogP contribution is 2.19. The molecular formula is C18H17N7O2. The number of carbonyl (C=O) groups is 1. The average Bonchev–Trinajstić information content (AvgIpc) is 3.36. The van der Waals surface area contributed by atoms with Gasteiger partial charge in [0.25, 0.3) is 5.91 Å². The lowest BCUT2D eigenvalue weighted by atomic mass is 10.2. The van der Waals surface area contributed by atoms with Gasteiger partial charge in [0, 0.05) is 31.5 Å². The van der Waals surface area contributed by atoms with E-state index in [1.165, 1.54) is 10.8 Å². The van der Waals surface area contributed by atoms with Crippen LogP contribution in [0.4, 0.5) is 5.95 Å². The van der Waals surface area contributed by atoms with Crippen LogP contribution < -0.4 is 5.73 Å². The number of aromatic nitrogens is 5. The van der Waals surface area contributed by atoms with Gasteiger partial charge >= 0.3 is 0 Å². The number of nitrogens with zero attached hydrogens (tertiary/aromatic N) is 6. The van der Waals surface area contributed by atoms with Crippen LogP contribution >= 0.6 is 0 Å². The Morgan fingerprint density at radius 2 is 2.19 bits per heavy atom. The van der Waals surface area contributed by atoms with E-state index in [0.717, 1.165) is 5.56 Å². The monoisotopic (exact) mass is 363 g/mol. The van der Waals surface area contributed by atoms with Crippen molar-refractivity contribution in [3.05, 3.63) is 60.2 Å². The summed E-state index contributed by atoms with van der Waals surface area (Å²) in [7, 11) is 0. The number of pyridine rings is 1. The standard InChI is InChI=1S/C18H17N7O2/c1-2-24(11-12-5-3-7-20-10-12)17(26)13-9-15-22-16(14-6-4-8-27-14)23-25(15)18(19)21-13/h3-10H,2,11H2,1H3,(H2,19,21).